The number of anilines is 1. The molecule has 0 spiro atoms. The summed E-state index contributed by atoms with van der Waals surface area (Å²) in [5, 5.41) is 4.98. The highest BCUT2D eigenvalue weighted by atomic mass is 32.2. The van der Waals surface area contributed by atoms with Crippen molar-refractivity contribution in [3.63, 3.8) is 0 Å². The Morgan fingerprint density at radius 3 is 2.34 bits per heavy atom. The molecule has 0 aliphatic carbocycles. The third-order valence-corrected chi connectivity index (χ3v) is 6.98. The number of carbonyl (C=O) groups is 1. The van der Waals surface area contributed by atoms with Crippen LogP contribution >= 0.6 is 11.8 Å². The van der Waals surface area contributed by atoms with E-state index in [1.807, 2.05) is 66.7 Å². The van der Waals surface area contributed by atoms with E-state index in [4.69, 9.17) is 0 Å². The van der Waals surface area contributed by atoms with Crippen LogP contribution in [0.1, 0.15) is 10.8 Å². The number of aryl methyl sites for hydroxylation is 1. The van der Waals surface area contributed by atoms with Gasteiger partial charge in [-0.25, -0.2) is 9.97 Å². The summed E-state index contributed by atoms with van der Waals surface area (Å²) < 4.78 is 1.76. The van der Waals surface area contributed by atoms with Gasteiger partial charge < -0.3 is 9.80 Å². The lowest BCUT2D eigenvalue weighted by atomic mass is 10.1. The number of hydrogen-bond acceptors (Lipinski definition) is 6. The van der Waals surface area contributed by atoms with E-state index in [9.17, 15) is 4.79 Å². The summed E-state index contributed by atoms with van der Waals surface area (Å²) in [7, 11) is 1.88. The highest BCUT2D eigenvalue weighted by molar-refractivity contribution is 8.00. The van der Waals surface area contributed by atoms with E-state index < -0.39 is 0 Å². The van der Waals surface area contributed by atoms with Gasteiger partial charge in [0.1, 0.15) is 17.4 Å². The van der Waals surface area contributed by atoms with Gasteiger partial charge in [0.05, 0.1) is 11.6 Å². The lowest BCUT2D eigenvalue weighted by Crippen LogP contribution is -2.50. The predicted octanol–water partition coefficient (Wildman–Crippen LogP) is 3.55. The molecule has 1 amide bonds. The van der Waals surface area contributed by atoms with Gasteiger partial charge in [-0.15, -0.1) is 11.8 Å². The number of nitrogens with zero attached hydrogens (tertiary/aromatic N) is 6. The number of hydrogen-bond donors (Lipinski definition) is 0. The smallest absolute Gasteiger partial charge is 0.240 e. The fraction of sp³-hybridized carbons (Fsp3) is 0.250. The molecule has 3 heterocycles. The molecule has 32 heavy (non-hydrogen) atoms. The maximum atomic E-state index is 13.6. The molecule has 1 atom stereocenters. The minimum atomic E-state index is -0.269. The minimum Gasteiger partial charge on any atom is -0.352 e. The molecule has 2 aromatic carbocycles. The summed E-state index contributed by atoms with van der Waals surface area (Å²) in [6.45, 7) is 2.76. The SMILES string of the molecule is Cn1ncc2c(N3CCN(C(=O)C(Sc4ccccc4)c4ccccc4)CC3)ncnc21. The van der Waals surface area contributed by atoms with Gasteiger partial charge in [0.2, 0.25) is 5.91 Å². The average Bonchev–Trinajstić information content (AvgIpc) is 3.24. The van der Waals surface area contributed by atoms with Crippen molar-refractivity contribution in [2.24, 2.45) is 7.05 Å². The number of aromatic nitrogens is 4. The van der Waals surface area contributed by atoms with Gasteiger partial charge >= 0.3 is 0 Å². The van der Waals surface area contributed by atoms with Crippen molar-refractivity contribution < 1.29 is 4.79 Å². The monoisotopic (exact) mass is 444 g/mol. The van der Waals surface area contributed by atoms with Crippen LogP contribution in [-0.2, 0) is 11.8 Å². The Labute approximate surface area is 191 Å². The Morgan fingerprint density at radius 2 is 1.62 bits per heavy atom. The lowest BCUT2D eigenvalue weighted by Gasteiger charge is -2.37. The number of piperazine rings is 1. The average molecular weight is 445 g/mol. The molecule has 0 saturated carbocycles. The molecule has 0 N–H and O–H groups in total. The van der Waals surface area contributed by atoms with E-state index in [0.29, 0.717) is 13.1 Å². The van der Waals surface area contributed by atoms with Crippen LogP contribution in [0.25, 0.3) is 11.0 Å². The normalized spacial score (nSPS) is 15.2. The molecule has 0 radical (unpaired) electrons. The molecular weight excluding hydrogens is 420 g/mol. The van der Waals surface area contributed by atoms with Crippen molar-refractivity contribution in [1.29, 1.82) is 0 Å². The molecule has 1 unspecified atom stereocenters. The zero-order valence-corrected chi connectivity index (χ0v) is 18.7. The number of carbonyl (C=O) groups excluding carboxylic acids is 1. The fourth-order valence-corrected chi connectivity index (χ4v) is 5.16. The lowest BCUT2D eigenvalue weighted by molar-refractivity contribution is -0.131. The number of amides is 1. The third-order valence-electron chi connectivity index (χ3n) is 5.72. The minimum absolute atomic E-state index is 0.152. The first-order chi connectivity index (χ1) is 15.7. The quantitative estimate of drug-likeness (QED) is 0.439. The molecule has 162 valence electrons. The number of fused-ring (bicyclic) bond motifs is 1. The van der Waals surface area contributed by atoms with Crippen molar-refractivity contribution in [1.82, 2.24) is 24.6 Å². The fourth-order valence-electron chi connectivity index (χ4n) is 4.03. The number of thioether (sulfide) groups is 1. The summed E-state index contributed by atoms with van der Waals surface area (Å²) in [5.41, 5.74) is 1.85. The second-order valence-electron chi connectivity index (χ2n) is 7.74. The topological polar surface area (TPSA) is 67.2 Å². The molecule has 1 aliphatic heterocycles. The summed E-state index contributed by atoms with van der Waals surface area (Å²) in [6, 6.07) is 20.2. The van der Waals surface area contributed by atoms with Crippen LogP contribution in [0.2, 0.25) is 0 Å². The standard InChI is InChI=1S/C24H24N6OS/c1-28-22-20(16-27-28)23(26-17-25-22)29-12-14-30(15-13-29)24(31)21(18-8-4-2-5-9-18)32-19-10-6-3-7-11-19/h2-11,16-17,21H,12-15H2,1H3. The largest absolute Gasteiger partial charge is 0.352 e. The van der Waals surface area contributed by atoms with Gasteiger partial charge in [0, 0.05) is 38.1 Å². The first kappa shape index (κ1) is 20.5. The summed E-state index contributed by atoms with van der Waals surface area (Å²) in [4.78, 5) is 27.7. The van der Waals surface area contributed by atoms with Gasteiger partial charge in [-0.05, 0) is 17.7 Å². The molecule has 0 bridgehead atoms. The molecule has 1 saturated heterocycles. The highest BCUT2D eigenvalue weighted by Crippen LogP contribution is 2.37. The van der Waals surface area contributed by atoms with Crippen molar-refractivity contribution in [2.75, 3.05) is 31.1 Å². The van der Waals surface area contributed by atoms with Crippen LogP contribution in [-0.4, -0.2) is 56.7 Å². The summed E-state index contributed by atoms with van der Waals surface area (Å²) in [6.07, 6.45) is 3.39. The van der Waals surface area contributed by atoms with Crippen molar-refractivity contribution in [3.8, 4) is 0 Å². The van der Waals surface area contributed by atoms with E-state index in [-0.39, 0.29) is 11.2 Å². The first-order valence-electron chi connectivity index (χ1n) is 10.6. The maximum absolute atomic E-state index is 13.6. The second kappa shape index (κ2) is 9.00. The van der Waals surface area contributed by atoms with Crippen LogP contribution in [0.15, 0.2) is 78.1 Å². The van der Waals surface area contributed by atoms with Crippen LogP contribution < -0.4 is 4.90 Å². The molecule has 7 nitrogen and oxygen atoms in total. The van der Waals surface area contributed by atoms with Crippen LogP contribution in [0.3, 0.4) is 0 Å². The van der Waals surface area contributed by atoms with Gasteiger partial charge in [0.25, 0.3) is 0 Å². The van der Waals surface area contributed by atoms with Crippen molar-refractivity contribution in [2.45, 2.75) is 10.1 Å². The number of rotatable bonds is 5. The second-order valence-corrected chi connectivity index (χ2v) is 8.92. The molecule has 1 fully saturated rings. The zero-order valence-electron chi connectivity index (χ0n) is 17.8. The Balaban J connectivity index is 1.33. The van der Waals surface area contributed by atoms with Crippen molar-refractivity contribution in [3.05, 3.63) is 78.8 Å². The third kappa shape index (κ3) is 4.05. The Hall–Kier alpha value is -3.39. The van der Waals surface area contributed by atoms with E-state index >= 15 is 0 Å². The molecule has 8 heteroatoms. The summed E-state index contributed by atoms with van der Waals surface area (Å²) >= 11 is 1.61. The maximum Gasteiger partial charge on any atom is 0.240 e. The van der Waals surface area contributed by atoms with E-state index in [1.54, 1.807) is 22.8 Å². The Morgan fingerprint density at radius 1 is 0.938 bits per heavy atom. The molecule has 2 aromatic heterocycles. The summed E-state index contributed by atoms with van der Waals surface area (Å²) in [5.74, 6) is 1.03. The van der Waals surface area contributed by atoms with Crippen molar-refractivity contribution >= 4 is 34.5 Å². The van der Waals surface area contributed by atoms with Gasteiger partial charge in [-0.3, -0.25) is 9.48 Å². The molecular formula is C24H24N6OS. The highest BCUT2D eigenvalue weighted by Gasteiger charge is 2.30. The zero-order chi connectivity index (χ0) is 21.9. The van der Waals surface area contributed by atoms with Gasteiger partial charge in [-0.1, -0.05) is 48.5 Å². The van der Waals surface area contributed by atoms with E-state index in [1.165, 1.54) is 0 Å². The first-order valence-corrected chi connectivity index (χ1v) is 11.5. The van der Waals surface area contributed by atoms with Gasteiger partial charge in [0.15, 0.2) is 5.65 Å². The predicted molar refractivity (Wildman–Crippen MR) is 127 cm³/mol. The Bertz CT molecular complexity index is 1210. The van der Waals surface area contributed by atoms with Crippen LogP contribution in [0.4, 0.5) is 5.82 Å². The molecule has 5 rings (SSSR count). The van der Waals surface area contributed by atoms with Crippen LogP contribution in [0, 0.1) is 0 Å². The number of benzene rings is 2. The molecule has 4 aromatic rings. The Kier molecular flexibility index (Phi) is 5.77. The van der Waals surface area contributed by atoms with Gasteiger partial charge in [-0.2, -0.15) is 5.10 Å². The van der Waals surface area contributed by atoms with E-state index in [0.717, 1.165) is 40.4 Å². The molecule has 1 aliphatic rings. The van der Waals surface area contributed by atoms with Crippen LogP contribution in [0.5, 0.6) is 0 Å². The van der Waals surface area contributed by atoms with E-state index in [2.05, 4.69) is 32.1 Å².